The maximum Gasteiger partial charge on any atom is 0.397 e. The third-order valence-electron chi connectivity index (χ3n) is 2.72. The van der Waals surface area contributed by atoms with Crippen LogP contribution in [0.5, 0.6) is 5.88 Å². The summed E-state index contributed by atoms with van der Waals surface area (Å²) in [5.74, 6) is -1.02. The van der Waals surface area contributed by atoms with Crippen LogP contribution < -0.4 is 4.74 Å². The Balaban J connectivity index is 1.86. The number of nitrogens with zero attached hydrogens (tertiary/aromatic N) is 3. The van der Waals surface area contributed by atoms with Gasteiger partial charge in [0.05, 0.1) is 13.2 Å². The number of ether oxygens (including phenoxy) is 2. The molecule has 1 atom stereocenters. The summed E-state index contributed by atoms with van der Waals surface area (Å²) < 4.78 is 10.3. The second-order valence-electron chi connectivity index (χ2n) is 4.06. The Kier molecular flexibility index (Phi) is 4.27. The Hall–Kier alpha value is -2.18. The van der Waals surface area contributed by atoms with Crippen LogP contribution in [0.4, 0.5) is 0 Å². The maximum atomic E-state index is 11.7. The molecule has 2 rings (SSSR count). The second-order valence-corrected chi connectivity index (χ2v) is 4.06. The smallest absolute Gasteiger partial charge is 0.397 e. The summed E-state index contributed by atoms with van der Waals surface area (Å²) in [6.07, 6.45) is 2.04. The lowest BCUT2D eigenvalue weighted by atomic mass is 10.3. The lowest BCUT2D eigenvalue weighted by Gasteiger charge is -2.15. The van der Waals surface area contributed by atoms with Crippen LogP contribution >= 0.6 is 0 Å². The third-order valence-corrected chi connectivity index (χ3v) is 2.72. The average molecular weight is 265 g/mol. The molecule has 7 heteroatoms. The van der Waals surface area contributed by atoms with Crippen LogP contribution in [0.25, 0.3) is 0 Å². The van der Waals surface area contributed by atoms with Crippen LogP contribution in [0, 0.1) is 0 Å². The van der Waals surface area contributed by atoms with Crippen molar-refractivity contribution in [1.29, 1.82) is 0 Å². The third kappa shape index (κ3) is 3.40. The zero-order chi connectivity index (χ0) is 13.7. The molecule has 1 aromatic rings. The molecule has 0 spiro atoms. The Morgan fingerprint density at radius 2 is 2.37 bits per heavy atom. The van der Waals surface area contributed by atoms with Gasteiger partial charge in [0, 0.05) is 25.2 Å². The number of rotatable bonds is 3. The molecule has 1 saturated heterocycles. The van der Waals surface area contributed by atoms with Crippen molar-refractivity contribution in [2.45, 2.75) is 19.4 Å². The molecule has 0 saturated carbocycles. The monoisotopic (exact) mass is 265 g/mol. The molecule has 1 fully saturated rings. The van der Waals surface area contributed by atoms with E-state index in [4.69, 9.17) is 4.74 Å². The van der Waals surface area contributed by atoms with E-state index in [9.17, 15) is 9.59 Å². The van der Waals surface area contributed by atoms with E-state index >= 15 is 0 Å². The summed E-state index contributed by atoms with van der Waals surface area (Å²) in [5.41, 5.74) is 0. The number of likely N-dealkylation sites (tertiary alicyclic amines) is 1. The Morgan fingerprint density at radius 1 is 1.53 bits per heavy atom. The largest absolute Gasteiger partial charge is 0.471 e. The average Bonchev–Trinajstić information content (AvgIpc) is 2.88. The zero-order valence-electron chi connectivity index (χ0n) is 10.6. The summed E-state index contributed by atoms with van der Waals surface area (Å²) in [6, 6.07) is 3.42. The SMILES string of the molecule is CCOC(=O)C(=O)N1CCC(Oc2cccnn2)C1. The molecule has 1 aromatic heterocycles. The van der Waals surface area contributed by atoms with Gasteiger partial charge in [-0.25, -0.2) is 4.79 Å². The van der Waals surface area contributed by atoms with Gasteiger partial charge in [-0.05, 0) is 13.0 Å². The highest BCUT2D eigenvalue weighted by Crippen LogP contribution is 2.15. The quantitative estimate of drug-likeness (QED) is 0.566. The summed E-state index contributed by atoms with van der Waals surface area (Å²) >= 11 is 0. The Labute approximate surface area is 110 Å². The van der Waals surface area contributed by atoms with Gasteiger partial charge in [0.2, 0.25) is 5.88 Å². The summed E-state index contributed by atoms with van der Waals surface area (Å²) in [7, 11) is 0. The highest BCUT2D eigenvalue weighted by atomic mass is 16.5. The maximum absolute atomic E-state index is 11.7. The normalized spacial score (nSPS) is 18.2. The number of aromatic nitrogens is 2. The first kappa shape index (κ1) is 13.3. The number of carbonyl (C=O) groups excluding carboxylic acids is 2. The van der Waals surface area contributed by atoms with Gasteiger partial charge in [0.15, 0.2) is 0 Å². The van der Waals surface area contributed by atoms with Gasteiger partial charge in [-0.2, -0.15) is 5.10 Å². The Morgan fingerprint density at radius 3 is 3.05 bits per heavy atom. The molecule has 0 radical (unpaired) electrons. The van der Waals surface area contributed by atoms with E-state index in [1.54, 1.807) is 25.3 Å². The van der Waals surface area contributed by atoms with Gasteiger partial charge >= 0.3 is 11.9 Å². The molecule has 7 nitrogen and oxygen atoms in total. The van der Waals surface area contributed by atoms with Crippen LogP contribution in [-0.2, 0) is 14.3 Å². The minimum Gasteiger partial charge on any atom is -0.471 e. The van der Waals surface area contributed by atoms with Gasteiger partial charge in [-0.3, -0.25) is 4.79 Å². The number of hydrogen-bond donors (Lipinski definition) is 0. The van der Waals surface area contributed by atoms with Crippen LogP contribution in [0.1, 0.15) is 13.3 Å². The molecule has 0 aromatic carbocycles. The van der Waals surface area contributed by atoms with Crippen molar-refractivity contribution < 1.29 is 19.1 Å². The topological polar surface area (TPSA) is 81.6 Å². The van der Waals surface area contributed by atoms with Crippen molar-refractivity contribution in [3.8, 4) is 5.88 Å². The van der Waals surface area contributed by atoms with E-state index in [1.807, 2.05) is 0 Å². The van der Waals surface area contributed by atoms with Crippen LogP contribution in [0.15, 0.2) is 18.3 Å². The molecule has 0 N–H and O–H groups in total. The van der Waals surface area contributed by atoms with Gasteiger partial charge in [-0.15, -0.1) is 5.10 Å². The molecule has 19 heavy (non-hydrogen) atoms. The predicted octanol–water partition coefficient (Wildman–Crippen LogP) is 0.0194. The van der Waals surface area contributed by atoms with Crippen molar-refractivity contribution >= 4 is 11.9 Å². The fraction of sp³-hybridized carbons (Fsp3) is 0.500. The lowest BCUT2D eigenvalue weighted by molar-refractivity contribution is -0.159. The minimum atomic E-state index is -0.817. The number of carbonyl (C=O) groups is 2. The molecule has 102 valence electrons. The second kappa shape index (κ2) is 6.12. The molecule has 1 aliphatic heterocycles. The van der Waals surface area contributed by atoms with E-state index in [1.165, 1.54) is 4.90 Å². The van der Waals surface area contributed by atoms with E-state index in [-0.39, 0.29) is 12.7 Å². The molecule has 0 bridgehead atoms. The van der Waals surface area contributed by atoms with Crippen LogP contribution in [0.2, 0.25) is 0 Å². The zero-order valence-corrected chi connectivity index (χ0v) is 10.6. The minimum absolute atomic E-state index is 0.171. The molecule has 0 aliphatic carbocycles. The summed E-state index contributed by atoms with van der Waals surface area (Å²) in [4.78, 5) is 24.4. The van der Waals surface area contributed by atoms with E-state index in [0.717, 1.165) is 0 Å². The van der Waals surface area contributed by atoms with Gasteiger partial charge in [-0.1, -0.05) is 0 Å². The molecule has 1 amide bonds. The highest BCUT2D eigenvalue weighted by molar-refractivity contribution is 6.32. The summed E-state index contributed by atoms with van der Waals surface area (Å²) in [6.45, 7) is 2.68. The number of amides is 1. The first-order valence-electron chi connectivity index (χ1n) is 6.11. The highest BCUT2D eigenvalue weighted by Gasteiger charge is 2.32. The number of hydrogen-bond acceptors (Lipinski definition) is 6. The Bertz CT molecular complexity index is 452. The van der Waals surface area contributed by atoms with E-state index in [2.05, 4.69) is 14.9 Å². The molecular formula is C12H15N3O4. The van der Waals surface area contributed by atoms with E-state index in [0.29, 0.717) is 25.4 Å². The van der Waals surface area contributed by atoms with Crippen LogP contribution in [-0.4, -0.2) is 52.8 Å². The van der Waals surface area contributed by atoms with Crippen molar-refractivity contribution in [2.75, 3.05) is 19.7 Å². The van der Waals surface area contributed by atoms with E-state index < -0.39 is 11.9 Å². The van der Waals surface area contributed by atoms with Gasteiger partial charge < -0.3 is 14.4 Å². The molecule has 2 heterocycles. The van der Waals surface area contributed by atoms with Crippen molar-refractivity contribution in [2.24, 2.45) is 0 Å². The molecular weight excluding hydrogens is 250 g/mol. The standard InChI is InChI=1S/C12H15N3O4/c1-2-18-12(17)11(16)15-7-5-9(8-15)19-10-4-3-6-13-14-10/h3-4,6,9H,2,5,7-8H2,1H3. The van der Waals surface area contributed by atoms with Crippen molar-refractivity contribution in [1.82, 2.24) is 15.1 Å². The predicted molar refractivity (Wildman–Crippen MR) is 64.3 cm³/mol. The van der Waals surface area contributed by atoms with Gasteiger partial charge in [0.1, 0.15) is 6.10 Å². The molecule has 1 unspecified atom stereocenters. The van der Waals surface area contributed by atoms with Crippen LogP contribution in [0.3, 0.4) is 0 Å². The van der Waals surface area contributed by atoms with Crippen molar-refractivity contribution in [3.63, 3.8) is 0 Å². The summed E-state index contributed by atoms with van der Waals surface area (Å²) in [5, 5.41) is 7.51. The fourth-order valence-electron chi connectivity index (χ4n) is 1.85. The fourth-order valence-corrected chi connectivity index (χ4v) is 1.85. The van der Waals surface area contributed by atoms with Crippen molar-refractivity contribution in [3.05, 3.63) is 18.3 Å². The molecule has 1 aliphatic rings. The lowest BCUT2D eigenvalue weighted by Crippen LogP contribution is -2.37. The number of esters is 1. The first-order valence-corrected chi connectivity index (χ1v) is 6.11. The first-order chi connectivity index (χ1) is 9.20. The van der Waals surface area contributed by atoms with Gasteiger partial charge in [0.25, 0.3) is 0 Å².